The van der Waals surface area contributed by atoms with E-state index < -0.39 is 6.04 Å². The second kappa shape index (κ2) is 8.59. The first-order valence-corrected chi connectivity index (χ1v) is 12.1. The summed E-state index contributed by atoms with van der Waals surface area (Å²) in [4.78, 5) is 19.7. The molecule has 2 unspecified atom stereocenters. The molecule has 0 aliphatic carbocycles. The number of hydrogen-bond acceptors (Lipinski definition) is 5. The van der Waals surface area contributed by atoms with E-state index in [4.69, 9.17) is 27.9 Å². The molecule has 6 rings (SSSR count). The first kappa shape index (κ1) is 21.9. The molecule has 34 heavy (non-hydrogen) atoms. The molecule has 0 fully saturated rings. The van der Waals surface area contributed by atoms with Crippen molar-refractivity contribution in [3.8, 4) is 0 Å². The van der Waals surface area contributed by atoms with Gasteiger partial charge in [0.25, 0.3) is 0 Å². The van der Waals surface area contributed by atoms with Crippen molar-refractivity contribution < 1.29 is 14.6 Å². The van der Waals surface area contributed by atoms with E-state index in [1.54, 1.807) is 0 Å². The van der Waals surface area contributed by atoms with Crippen molar-refractivity contribution in [1.29, 1.82) is 0 Å². The summed E-state index contributed by atoms with van der Waals surface area (Å²) in [5, 5.41) is 19.4. The average Bonchev–Trinajstić information content (AvgIpc) is 3.38. The van der Waals surface area contributed by atoms with Crippen molar-refractivity contribution in [2.75, 3.05) is 6.61 Å². The molecule has 2 aliphatic rings. The van der Waals surface area contributed by atoms with Crippen LogP contribution in [0.2, 0.25) is 10.0 Å². The number of aromatic amines is 2. The maximum atomic E-state index is 12.9. The molecule has 9 heteroatoms. The van der Waals surface area contributed by atoms with Gasteiger partial charge in [0.1, 0.15) is 12.6 Å². The molecule has 4 heterocycles. The summed E-state index contributed by atoms with van der Waals surface area (Å²) in [7, 11) is 0. The fraction of sp³-hybridized carbons (Fsp3) is 0.320. The number of nitrogens with one attached hydrogen (secondary N) is 4. The number of benzene rings is 2. The minimum absolute atomic E-state index is 0.0441. The topological polar surface area (TPSA) is 102 Å². The Kier molecular flexibility index (Phi) is 5.54. The van der Waals surface area contributed by atoms with Crippen LogP contribution in [-0.4, -0.2) is 39.7 Å². The van der Waals surface area contributed by atoms with E-state index in [0.717, 1.165) is 50.7 Å². The third-order valence-electron chi connectivity index (χ3n) is 6.94. The number of halogens is 2. The van der Waals surface area contributed by atoms with E-state index in [1.807, 2.05) is 30.3 Å². The lowest BCUT2D eigenvalue weighted by atomic mass is 9.98. The van der Waals surface area contributed by atoms with Crippen LogP contribution in [0.5, 0.6) is 0 Å². The molecule has 0 radical (unpaired) electrons. The third-order valence-corrected chi connectivity index (χ3v) is 7.53. The molecule has 0 spiro atoms. The monoisotopic (exact) mass is 498 g/mol. The largest absolute Gasteiger partial charge is 0.460 e. The number of rotatable bonds is 4. The molecule has 4 aromatic rings. The first-order valence-electron chi connectivity index (χ1n) is 11.3. The number of ether oxygens (including phenoxy) is 1. The summed E-state index contributed by atoms with van der Waals surface area (Å²) in [6.45, 7) is 1.42. The highest BCUT2D eigenvalue weighted by molar-refractivity contribution is 6.32. The van der Waals surface area contributed by atoms with Gasteiger partial charge in [-0.05, 0) is 47.9 Å². The third kappa shape index (κ3) is 3.78. The zero-order valence-electron chi connectivity index (χ0n) is 18.3. The smallest absolute Gasteiger partial charge is 0.323 e. The molecule has 0 bridgehead atoms. The van der Waals surface area contributed by atoms with Crippen LogP contribution in [0.4, 0.5) is 0 Å². The van der Waals surface area contributed by atoms with E-state index in [1.165, 1.54) is 5.56 Å². The zero-order chi connectivity index (χ0) is 23.4. The molecule has 0 saturated heterocycles. The van der Waals surface area contributed by atoms with Gasteiger partial charge < -0.3 is 25.1 Å². The maximum Gasteiger partial charge on any atom is 0.323 e. The van der Waals surface area contributed by atoms with Gasteiger partial charge in [0, 0.05) is 74.4 Å². The predicted octanol–water partition coefficient (Wildman–Crippen LogP) is 3.72. The number of fused-ring (bicyclic) bond motifs is 6. The minimum atomic E-state index is -0.438. The van der Waals surface area contributed by atoms with Gasteiger partial charge in [0.05, 0.1) is 6.61 Å². The SMILES string of the molecule is O=C(OCc1cc2[nH]c3c(c2cc1Cl)CC(CO)NC3)C1Cc2c([nH]c3ccc(Cl)cc23)CN1. The Balaban J connectivity index is 1.18. The summed E-state index contributed by atoms with van der Waals surface area (Å²) >= 11 is 12.8. The number of hydrogen-bond donors (Lipinski definition) is 5. The number of aliphatic hydroxyl groups excluding tert-OH is 1. The van der Waals surface area contributed by atoms with Crippen molar-refractivity contribution in [2.24, 2.45) is 0 Å². The van der Waals surface area contributed by atoms with Crippen LogP contribution in [0.1, 0.15) is 28.1 Å². The van der Waals surface area contributed by atoms with Crippen LogP contribution in [0.3, 0.4) is 0 Å². The van der Waals surface area contributed by atoms with Crippen LogP contribution in [0.15, 0.2) is 30.3 Å². The van der Waals surface area contributed by atoms with Crippen LogP contribution in [-0.2, 0) is 42.1 Å². The standard InChI is InChI=1S/C25H24Cl2N4O3/c26-13-1-2-20-15(4-13)18-7-22(29-9-24(18)30-20)25(33)34-11-12-3-21-17(6-19(12)27)16-5-14(10-32)28-8-23(16)31-21/h1-4,6,14,22,28-32H,5,7-11H2. The molecular weight excluding hydrogens is 475 g/mol. The normalized spacial score (nSPS) is 19.9. The molecule has 2 aromatic heterocycles. The summed E-state index contributed by atoms with van der Waals surface area (Å²) in [5.74, 6) is -0.307. The quantitative estimate of drug-likeness (QED) is 0.276. The van der Waals surface area contributed by atoms with Gasteiger partial charge in [-0.25, -0.2) is 0 Å². The molecule has 176 valence electrons. The molecule has 2 aliphatic heterocycles. The first-order chi connectivity index (χ1) is 16.5. The Morgan fingerprint density at radius 1 is 0.971 bits per heavy atom. The minimum Gasteiger partial charge on any atom is -0.460 e. The number of esters is 1. The van der Waals surface area contributed by atoms with Gasteiger partial charge in [0.2, 0.25) is 0 Å². The summed E-state index contributed by atoms with van der Waals surface area (Å²) in [6, 6.07) is 9.23. The maximum absolute atomic E-state index is 12.9. The summed E-state index contributed by atoms with van der Waals surface area (Å²) < 4.78 is 5.68. The summed E-state index contributed by atoms with van der Waals surface area (Å²) in [6.07, 6.45) is 1.27. The molecule has 2 aromatic carbocycles. The zero-order valence-corrected chi connectivity index (χ0v) is 19.8. The van der Waals surface area contributed by atoms with Gasteiger partial charge in [-0.3, -0.25) is 10.1 Å². The molecule has 2 atom stereocenters. The van der Waals surface area contributed by atoms with Crippen LogP contribution in [0.25, 0.3) is 21.8 Å². The number of aromatic nitrogens is 2. The number of aliphatic hydroxyl groups is 1. The Morgan fingerprint density at radius 2 is 1.71 bits per heavy atom. The van der Waals surface area contributed by atoms with Crippen molar-refractivity contribution in [2.45, 2.75) is 44.6 Å². The van der Waals surface area contributed by atoms with Crippen LogP contribution in [0, 0.1) is 0 Å². The van der Waals surface area contributed by atoms with Crippen LogP contribution >= 0.6 is 23.2 Å². The summed E-state index contributed by atoms with van der Waals surface area (Å²) in [5.41, 5.74) is 7.18. The van der Waals surface area contributed by atoms with Crippen molar-refractivity contribution in [3.05, 3.63) is 68.5 Å². The van der Waals surface area contributed by atoms with Gasteiger partial charge >= 0.3 is 5.97 Å². The van der Waals surface area contributed by atoms with Gasteiger partial charge in [-0.15, -0.1) is 0 Å². The van der Waals surface area contributed by atoms with Gasteiger partial charge in [-0.2, -0.15) is 0 Å². The fourth-order valence-electron chi connectivity index (χ4n) is 5.14. The van der Waals surface area contributed by atoms with Crippen molar-refractivity contribution >= 4 is 51.0 Å². The molecule has 7 nitrogen and oxygen atoms in total. The lowest BCUT2D eigenvalue weighted by Crippen LogP contribution is -2.42. The lowest BCUT2D eigenvalue weighted by Gasteiger charge is -2.23. The lowest BCUT2D eigenvalue weighted by molar-refractivity contribution is -0.147. The van der Waals surface area contributed by atoms with E-state index in [0.29, 0.717) is 29.6 Å². The van der Waals surface area contributed by atoms with Crippen LogP contribution < -0.4 is 10.6 Å². The average molecular weight is 499 g/mol. The molecule has 5 N–H and O–H groups in total. The molecular formula is C25H24Cl2N4O3. The second-order valence-corrected chi connectivity index (χ2v) is 9.90. The highest BCUT2D eigenvalue weighted by atomic mass is 35.5. The number of carbonyl (C=O) groups excluding carboxylic acids is 1. The Hall–Kier alpha value is -2.55. The van der Waals surface area contributed by atoms with E-state index in [-0.39, 0.29) is 25.2 Å². The second-order valence-electron chi connectivity index (χ2n) is 9.05. The highest BCUT2D eigenvalue weighted by Gasteiger charge is 2.28. The number of carbonyl (C=O) groups is 1. The van der Waals surface area contributed by atoms with E-state index in [9.17, 15) is 9.90 Å². The Morgan fingerprint density at radius 3 is 2.53 bits per heavy atom. The highest BCUT2D eigenvalue weighted by Crippen LogP contribution is 2.32. The predicted molar refractivity (Wildman–Crippen MR) is 132 cm³/mol. The molecule has 0 saturated carbocycles. The van der Waals surface area contributed by atoms with Crippen molar-refractivity contribution in [3.63, 3.8) is 0 Å². The molecule has 0 amide bonds. The van der Waals surface area contributed by atoms with E-state index >= 15 is 0 Å². The fourth-order valence-corrected chi connectivity index (χ4v) is 5.53. The Labute approximate surface area is 205 Å². The van der Waals surface area contributed by atoms with Crippen molar-refractivity contribution in [1.82, 2.24) is 20.6 Å². The Bertz CT molecular complexity index is 1430. The van der Waals surface area contributed by atoms with Gasteiger partial charge in [-0.1, -0.05) is 23.2 Å². The van der Waals surface area contributed by atoms with Gasteiger partial charge in [0.15, 0.2) is 0 Å². The number of H-pyrrole nitrogens is 2. The van der Waals surface area contributed by atoms with E-state index in [2.05, 4.69) is 20.6 Å².